The van der Waals surface area contributed by atoms with Crippen molar-refractivity contribution < 1.29 is 14.3 Å². The maximum Gasteiger partial charge on any atom is 0.310 e. The van der Waals surface area contributed by atoms with Crippen molar-refractivity contribution in [1.29, 1.82) is 0 Å². The zero-order valence-electron chi connectivity index (χ0n) is 12.3. The normalized spacial score (nSPS) is 10.3. The van der Waals surface area contributed by atoms with Gasteiger partial charge in [-0.25, -0.2) is 0 Å². The van der Waals surface area contributed by atoms with Crippen LogP contribution in [0.2, 0.25) is 0 Å². The molecular weight excluding hydrogens is 346 g/mol. The lowest BCUT2D eigenvalue weighted by Crippen LogP contribution is -2.07. The highest BCUT2D eigenvalue weighted by Gasteiger charge is 2.09. The Balaban J connectivity index is 2.11. The number of carbonyl (C=O) groups is 1. The second kappa shape index (κ2) is 7.96. The van der Waals surface area contributed by atoms with Crippen LogP contribution in [-0.4, -0.2) is 13.1 Å². The summed E-state index contributed by atoms with van der Waals surface area (Å²) >= 11 is 3.46. The number of methoxy groups -OCH3 is 1. The third-order valence-electron chi connectivity index (χ3n) is 3.18. The molecule has 2 rings (SSSR count). The van der Waals surface area contributed by atoms with Crippen molar-refractivity contribution in [3.05, 3.63) is 63.6 Å². The molecule has 2 aromatic rings. The van der Waals surface area contributed by atoms with Crippen LogP contribution >= 0.6 is 15.9 Å². The van der Waals surface area contributed by atoms with E-state index in [-0.39, 0.29) is 12.4 Å². The SMILES string of the molecule is COC(=O)Cc1ccccc1OCc1cc(Br)cc(CN)c1. The van der Waals surface area contributed by atoms with Crippen molar-refractivity contribution in [2.24, 2.45) is 5.73 Å². The summed E-state index contributed by atoms with van der Waals surface area (Å²) in [6.07, 6.45) is 0.194. The zero-order chi connectivity index (χ0) is 15.9. The molecule has 0 unspecified atom stereocenters. The summed E-state index contributed by atoms with van der Waals surface area (Å²) < 4.78 is 11.5. The topological polar surface area (TPSA) is 61.5 Å². The van der Waals surface area contributed by atoms with Crippen molar-refractivity contribution >= 4 is 21.9 Å². The molecule has 2 N–H and O–H groups in total. The first kappa shape index (κ1) is 16.5. The quantitative estimate of drug-likeness (QED) is 0.800. The molecule has 5 heteroatoms. The van der Waals surface area contributed by atoms with Crippen molar-refractivity contribution in [3.63, 3.8) is 0 Å². The van der Waals surface area contributed by atoms with Gasteiger partial charge in [-0.15, -0.1) is 0 Å². The number of nitrogens with two attached hydrogens (primary N) is 1. The average Bonchev–Trinajstić information content (AvgIpc) is 2.53. The summed E-state index contributed by atoms with van der Waals surface area (Å²) in [4.78, 5) is 11.4. The molecule has 0 amide bonds. The van der Waals surface area contributed by atoms with Crippen LogP contribution in [0.1, 0.15) is 16.7 Å². The molecule has 0 spiro atoms. The molecule has 0 bridgehead atoms. The summed E-state index contributed by atoms with van der Waals surface area (Å²) in [5.41, 5.74) is 8.54. The van der Waals surface area contributed by atoms with Gasteiger partial charge < -0.3 is 15.2 Å². The highest BCUT2D eigenvalue weighted by atomic mass is 79.9. The van der Waals surface area contributed by atoms with E-state index in [9.17, 15) is 4.79 Å². The molecule has 0 radical (unpaired) electrons. The first-order valence-corrected chi connectivity index (χ1v) is 7.67. The monoisotopic (exact) mass is 363 g/mol. The molecule has 0 aliphatic carbocycles. The first-order chi connectivity index (χ1) is 10.6. The number of carbonyl (C=O) groups excluding carboxylic acids is 1. The zero-order valence-corrected chi connectivity index (χ0v) is 13.9. The van der Waals surface area contributed by atoms with Crippen LogP contribution in [0.25, 0.3) is 0 Å². The van der Waals surface area contributed by atoms with Crippen LogP contribution in [0.4, 0.5) is 0 Å². The number of hydrogen-bond acceptors (Lipinski definition) is 4. The molecule has 0 aliphatic heterocycles. The van der Waals surface area contributed by atoms with E-state index in [0.717, 1.165) is 21.2 Å². The predicted molar refractivity (Wildman–Crippen MR) is 88.5 cm³/mol. The Hall–Kier alpha value is -1.85. The minimum atomic E-state index is -0.288. The predicted octanol–water partition coefficient (Wildman–Crippen LogP) is 3.20. The Kier molecular flexibility index (Phi) is 5.98. The van der Waals surface area contributed by atoms with Crippen molar-refractivity contribution in [1.82, 2.24) is 0 Å². The van der Waals surface area contributed by atoms with Gasteiger partial charge in [0.15, 0.2) is 0 Å². The number of hydrogen-bond donors (Lipinski definition) is 1. The molecule has 0 saturated heterocycles. The second-order valence-corrected chi connectivity index (χ2v) is 5.74. The van der Waals surface area contributed by atoms with Crippen LogP contribution in [0.3, 0.4) is 0 Å². The van der Waals surface area contributed by atoms with Crippen molar-refractivity contribution in [3.8, 4) is 5.75 Å². The number of ether oxygens (including phenoxy) is 2. The van der Waals surface area contributed by atoms with E-state index in [1.165, 1.54) is 7.11 Å². The van der Waals surface area contributed by atoms with E-state index in [4.69, 9.17) is 15.2 Å². The van der Waals surface area contributed by atoms with Crippen LogP contribution in [0.15, 0.2) is 46.9 Å². The van der Waals surface area contributed by atoms with Crippen LogP contribution in [-0.2, 0) is 29.1 Å². The van der Waals surface area contributed by atoms with Gasteiger partial charge in [0.1, 0.15) is 12.4 Å². The molecule has 22 heavy (non-hydrogen) atoms. The highest BCUT2D eigenvalue weighted by Crippen LogP contribution is 2.22. The second-order valence-electron chi connectivity index (χ2n) is 4.82. The Labute approximate surface area is 138 Å². The van der Waals surface area contributed by atoms with Crippen LogP contribution in [0.5, 0.6) is 5.75 Å². The summed E-state index contributed by atoms with van der Waals surface area (Å²) in [6.45, 7) is 0.885. The molecule has 0 heterocycles. The van der Waals surface area contributed by atoms with Gasteiger partial charge in [0.2, 0.25) is 0 Å². The van der Waals surface area contributed by atoms with Crippen LogP contribution in [0, 0.1) is 0 Å². The number of benzene rings is 2. The van der Waals surface area contributed by atoms with E-state index >= 15 is 0 Å². The Morgan fingerprint density at radius 3 is 2.64 bits per heavy atom. The number of para-hydroxylation sites is 1. The molecule has 0 aromatic heterocycles. The fourth-order valence-electron chi connectivity index (χ4n) is 2.10. The van der Waals surface area contributed by atoms with Gasteiger partial charge in [0.25, 0.3) is 0 Å². The van der Waals surface area contributed by atoms with Gasteiger partial charge in [0, 0.05) is 16.6 Å². The smallest absolute Gasteiger partial charge is 0.310 e. The number of rotatable bonds is 6. The van der Waals surface area contributed by atoms with E-state index in [0.29, 0.717) is 18.9 Å². The maximum absolute atomic E-state index is 11.4. The van der Waals surface area contributed by atoms with Gasteiger partial charge in [-0.2, -0.15) is 0 Å². The van der Waals surface area contributed by atoms with Crippen LogP contribution < -0.4 is 10.5 Å². The van der Waals surface area contributed by atoms with Crippen molar-refractivity contribution in [2.45, 2.75) is 19.6 Å². The minimum absolute atomic E-state index is 0.194. The molecule has 0 fully saturated rings. The fourth-order valence-corrected chi connectivity index (χ4v) is 2.69. The largest absolute Gasteiger partial charge is 0.489 e. The maximum atomic E-state index is 11.4. The van der Waals surface area contributed by atoms with E-state index in [1.54, 1.807) is 0 Å². The van der Waals surface area contributed by atoms with Gasteiger partial charge >= 0.3 is 5.97 Å². The molecule has 116 valence electrons. The van der Waals surface area contributed by atoms with E-state index < -0.39 is 0 Å². The molecule has 0 aliphatic rings. The fraction of sp³-hybridized carbons (Fsp3) is 0.235. The summed E-state index contributed by atoms with van der Waals surface area (Å²) in [7, 11) is 1.38. The van der Waals surface area contributed by atoms with Gasteiger partial charge in [0.05, 0.1) is 13.5 Å². The van der Waals surface area contributed by atoms with Gasteiger partial charge in [-0.3, -0.25) is 4.79 Å². The Morgan fingerprint density at radius 1 is 1.18 bits per heavy atom. The Morgan fingerprint density at radius 2 is 1.91 bits per heavy atom. The van der Waals surface area contributed by atoms with E-state index in [2.05, 4.69) is 15.9 Å². The molecule has 4 nitrogen and oxygen atoms in total. The highest BCUT2D eigenvalue weighted by molar-refractivity contribution is 9.10. The van der Waals surface area contributed by atoms with Gasteiger partial charge in [-0.1, -0.05) is 40.2 Å². The summed E-state index contributed by atoms with van der Waals surface area (Å²) in [5, 5.41) is 0. The summed E-state index contributed by atoms with van der Waals surface area (Å²) in [5.74, 6) is 0.395. The lowest BCUT2D eigenvalue weighted by Gasteiger charge is -2.12. The van der Waals surface area contributed by atoms with Gasteiger partial charge in [-0.05, 0) is 29.3 Å². The lowest BCUT2D eigenvalue weighted by atomic mass is 10.1. The van der Waals surface area contributed by atoms with Crippen molar-refractivity contribution in [2.75, 3.05) is 7.11 Å². The number of esters is 1. The minimum Gasteiger partial charge on any atom is -0.489 e. The van der Waals surface area contributed by atoms with E-state index in [1.807, 2.05) is 42.5 Å². The number of halogens is 1. The summed E-state index contributed by atoms with van der Waals surface area (Å²) in [6, 6.07) is 13.4. The molecular formula is C17H18BrNO3. The molecule has 0 saturated carbocycles. The lowest BCUT2D eigenvalue weighted by molar-refractivity contribution is -0.139. The Bertz CT molecular complexity index is 658. The first-order valence-electron chi connectivity index (χ1n) is 6.88. The molecule has 2 aromatic carbocycles. The third-order valence-corrected chi connectivity index (χ3v) is 3.64. The molecule has 0 atom stereocenters. The standard InChI is InChI=1S/C17H18BrNO3/c1-21-17(20)9-14-4-2-3-5-16(14)22-11-13-6-12(10-19)7-15(18)8-13/h2-8H,9-11,19H2,1H3. The average molecular weight is 364 g/mol. The third kappa shape index (κ3) is 4.58.